The Morgan fingerprint density at radius 3 is 2.72 bits per heavy atom. The van der Waals surface area contributed by atoms with Crippen LogP contribution < -0.4 is 21.5 Å². The number of nitrogens with zero attached hydrogens (tertiary/aromatic N) is 5. The van der Waals surface area contributed by atoms with Crippen molar-refractivity contribution in [3.05, 3.63) is 62.3 Å². The molecule has 32 heavy (non-hydrogen) atoms. The number of rotatable bonds is 6. The fourth-order valence-electron chi connectivity index (χ4n) is 4.47. The Morgan fingerprint density at radius 2 is 1.97 bits per heavy atom. The van der Waals surface area contributed by atoms with E-state index in [4.69, 9.17) is 0 Å². The van der Waals surface area contributed by atoms with Gasteiger partial charge < -0.3 is 9.80 Å². The van der Waals surface area contributed by atoms with E-state index in [1.807, 2.05) is 17.0 Å². The van der Waals surface area contributed by atoms with Crippen molar-refractivity contribution in [2.24, 2.45) is 7.05 Å². The summed E-state index contributed by atoms with van der Waals surface area (Å²) >= 11 is 0. The molecule has 1 N–H and O–H groups in total. The van der Waals surface area contributed by atoms with Gasteiger partial charge in [-0.05, 0) is 30.9 Å². The standard InChI is InChI=1S/C23H28N6O3/c1-26-22(31)12-20(29(23(26)32)14-18-7-3-2-6-17(18)13-24)27-10-4-8-19(15-27)25-16-28-11-5-9-21(28)30/h2-3,6-7,12,19,25H,4-5,8-11,14-16H2,1H3/t19-/m1/s1. The molecule has 2 aliphatic heterocycles. The van der Waals surface area contributed by atoms with Gasteiger partial charge in [0.1, 0.15) is 5.82 Å². The molecule has 1 aromatic heterocycles. The number of piperidine rings is 1. The second kappa shape index (κ2) is 9.40. The van der Waals surface area contributed by atoms with Crippen molar-refractivity contribution < 1.29 is 4.79 Å². The number of anilines is 1. The quantitative estimate of drug-likeness (QED) is 0.712. The van der Waals surface area contributed by atoms with E-state index in [1.165, 1.54) is 13.1 Å². The van der Waals surface area contributed by atoms with Gasteiger partial charge in [0.25, 0.3) is 5.56 Å². The molecule has 0 saturated carbocycles. The molecule has 1 atom stereocenters. The maximum absolute atomic E-state index is 13.0. The summed E-state index contributed by atoms with van der Waals surface area (Å²) in [6.45, 7) is 2.88. The van der Waals surface area contributed by atoms with Crippen LogP contribution in [0.5, 0.6) is 0 Å². The van der Waals surface area contributed by atoms with E-state index in [2.05, 4.69) is 16.3 Å². The number of benzene rings is 1. The Kier molecular flexibility index (Phi) is 6.42. The van der Waals surface area contributed by atoms with Gasteiger partial charge in [-0.15, -0.1) is 0 Å². The summed E-state index contributed by atoms with van der Waals surface area (Å²) in [6, 6.07) is 11.0. The van der Waals surface area contributed by atoms with E-state index >= 15 is 0 Å². The van der Waals surface area contributed by atoms with Crippen LogP contribution >= 0.6 is 0 Å². The van der Waals surface area contributed by atoms with Gasteiger partial charge in [-0.1, -0.05) is 18.2 Å². The zero-order chi connectivity index (χ0) is 22.7. The monoisotopic (exact) mass is 436 g/mol. The molecule has 9 heteroatoms. The summed E-state index contributed by atoms with van der Waals surface area (Å²) in [5, 5.41) is 12.9. The zero-order valence-corrected chi connectivity index (χ0v) is 18.3. The van der Waals surface area contributed by atoms with Gasteiger partial charge in [0.05, 0.1) is 24.8 Å². The van der Waals surface area contributed by atoms with Crippen molar-refractivity contribution in [2.45, 2.75) is 38.3 Å². The number of carbonyl (C=O) groups is 1. The molecule has 0 unspecified atom stereocenters. The fraction of sp³-hybridized carbons (Fsp3) is 0.478. The van der Waals surface area contributed by atoms with Crippen LogP contribution in [0.3, 0.4) is 0 Å². The fourth-order valence-corrected chi connectivity index (χ4v) is 4.47. The summed E-state index contributed by atoms with van der Waals surface area (Å²) < 4.78 is 2.67. The number of carbonyl (C=O) groups excluding carboxylic acids is 1. The van der Waals surface area contributed by atoms with Crippen LogP contribution in [-0.4, -0.2) is 52.3 Å². The molecule has 2 aromatic rings. The average Bonchev–Trinajstić information content (AvgIpc) is 3.23. The first-order chi connectivity index (χ1) is 15.5. The molecule has 9 nitrogen and oxygen atoms in total. The topological polar surface area (TPSA) is 103 Å². The first-order valence-corrected chi connectivity index (χ1v) is 11.0. The number of nitriles is 1. The Hall–Kier alpha value is -3.38. The van der Waals surface area contributed by atoms with Gasteiger partial charge in [-0.3, -0.25) is 24.0 Å². The second-order valence-corrected chi connectivity index (χ2v) is 8.45. The maximum Gasteiger partial charge on any atom is 0.332 e. The van der Waals surface area contributed by atoms with Gasteiger partial charge in [-0.25, -0.2) is 4.79 Å². The molecule has 2 saturated heterocycles. The number of hydrogen-bond acceptors (Lipinski definition) is 6. The summed E-state index contributed by atoms with van der Waals surface area (Å²) in [5.41, 5.74) is 0.481. The van der Waals surface area contributed by atoms with Gasteiger partial charge in [0, 0.05) is 45.2 Å². The van der Waals surface area contributed by atoms with E-state index < -0.39 is 5.69 Å². The maximum atomic E-state index is 13.0. The summed E-state index contributed by atoms with van der Waals surface area (Å²) in [7, 11) is 1.47. The molecule has 0 bridgehead atoms. The highest BCUT2D eigenvalue weighted by Gasteiger charge is 2.26. The number of nitrogens with one attached hydrogen (secondary N) is 1. The summed E-state index contributed by atoms with van der Waals surface area (Å²) in [4.78, 5) is 41.3. The SMILES string of the molecule is Cn1c(=O)cc(N2CCC[C@@H](NCN3CCCC3=O)C2)n(Cc2ccccc2C#N)c1=O. The van der Waals surface area contributed by atoms with Crippen LogP contribution in [0.2, 0.25) is 0 Å². The smallest absolute Gasteiger partial charge is 0.332 e. The molecule has 2 fully saturated rings. The lowest BCUT2D eigenvalue weighted by Gasteiger charge is -2.36. The molecule has 3 heterocycles. The van der Waals surface area contributed by atoms with E-state index in [-0.39, 0.29) is 24.1 Å². The predicted octanol–water partition coefficient (Wildman–Crippen LogP) is 0.605. The summed E-state index contributed by atoms with van der Waals surface area (Å²) in [6.07, 6.45) is 3.39. The van der Waals surface area contributed by atoms with Gasteiger partial charge in [0.2, 0.25) is 5.91 Å². The van der Waals surface area contributed by atoms with Crippen LogP contribution in [0, 0.1) is 11.3 Å². The van der Waals surface area contributed by atoms with Crippen LogP contribution in [0.4, 0.5) is 5.82 Å². The van der Waals surface area contributed by atoms with Crippen LogP contribution in [0.15, 0.2) is 39.9 Å². The highest BCUT2D eigenvalue weighted by molar-refractivity contribution is 5.77. The lowest BCUT2D eigenvalue weighted by Crippen LogP contribution is -2.51. The Morgan fingerprint density at radius 1 is 1.16 bits per heavy atom. The normalized spacial score (nSPS) is 18.8. The van der Waals surface area contributed by atoms with Gasteiger partial charge in [0.15, 0.2) is 0 Å². The third kappa shape index (κ3) is 4.46. The summed E-state index contributed by atoms with van der Waals surface area (Å²) in [5.74, 6) is 0.747. The Balaban J connectivity index is 1.59. The average molecular weight is 437 g/mol. The van der Waals surface area contributed by atoms with E-state index in [1.54, 1.807) is 16.7 Å². The molecule has 0 spiro atoms. The molecular weight excluding hydrogens is 408 g/mol. The van der Waals surface area contributed by atoms with Crippen molar-refractivity contribution in [3.63, 3.8) is 0 Å². The van der Waals surface area contributed by atoms with Crippen LogP contribution in [0.1, 0.15) is 36.8 Å². The molecular formula is C23H28N6O3. The minimum absolute atomic E-state index is 0.149. The first kappa shape index (κ1) is 21.8. The molecule has 168 valence electrons. The van der Waals surface area contributed by atoms with Crippen molar-refractivity contribution in [3.8, 4) is 6.07 Å². The second-order valence-electron chi connectivity index (χ2n) is 8.45. The zero-order valence-electron chi connectivity index (χ0n) is 18.3. The Bertz CT molecular complexity index is 1160. The van der Waals surface area contributed by atoms with Gasteiger partial charge in [-0.2, -0.15) is 5.26 Å². The molecule has 1 aromatic carbocycles. The molecule has 0 aliphatic carbocycles. The third-order valence-corrected chi connectivity index (χ3v) is 6.33. The minimum atomic E-state index is -0.405. The number of likely N-dealkylation sites (tertiary alicyclic amines) is 1. The minimum Gasteiger partial charge on any atom is -0.356 e. The Labute approximate surface area is 186 Å². The van der Waals surface area contributed by atoms with Crippen LogP contribution in [0.25, 0.3) is 0 Å². The lowest BCUT2D eigenvalue weighted by atomic mass is 10.1. The lowest BCUT2D eigenvalue weighted by molar-refractivity contribution is -0.128. The van der Waals surface area contributed by atoms with Crippen LogP contribution in [-0.2, 0) is 18.4 Å². The molecule has 0 radical (unpaired) electrons. The van der Waals surface area contributed by atoms with Gasteiger partial charge >= 0.3 is 5.69 Å². The van der Waals surface area contributed by atoms with E-state index in [0.717, 1.165) is 42.5 Å². The highest BCUT2D eigenvalue weighted by Crippen LogP contribution is 2.20. The van der Waals surface area contributed by atoms with E-state index in [9.17, 15) is 19.6 Å². The molecule has 2 aliphatic rings. The molecule has 1 amide bonds. The largest absolute Gasteiger partial charge is 0.356 e. The number of hydrogen-bond donors (Lipinski definition) is 1. The van der Waals surface area contributed by atoms with Crippen molar-refractivity contribution in [1.29, 1.82) is 5.26 Å². The third-order valence-electron chi connectivity index (χ3n) is 6.33. The van der Waals surface area contributed by atoms with E-state index in [0.29, 0.717) is 31.0 Å². The van der Waals surface area contributed by atoms with Crippen molar-refractivity contribution in [1.82, 2.24) is 19.4 Å². The van der Waals surface area contributed by atoms with Crippen molar-refractivity contribution in [2.75, 3.05) is 31.2 Å². The highest BCUT2D eigenvalue weighted by atomic mass is 16.2. The number of aromatic nitrogens is 2. The molecule has 4 rings (SSSR count). The first-order valence-electron chi connectivity index (χ1n) is 11.0. The number of amides is 1. The van der Waals surface area contributed by atoms with Crippen molar-refractivity contribution >= 4 is 11.7 Å². The predicted molar refractivity (Wildman–Crippen MR) is 120 cm³/mol.